The number of benzene rings is 1. The molecule has 1 aliphatic rings. The third-order valence-electron chi connectivity index (χ3n) is 3.86. The Labute approximate surface area is 124 Å². The number of pyridine rings is 1. The van der Waals surface area contributed by atoms with Gasteiger partial charge in [0.15, 0.2) is 0 Å². The largest absolute Gasteiger partial charge is 0.322 e. The second kappa shape index (κ2) is 5.66. The molecule has 1 aromatic carbocycles. The Hall–Kier alpha value is -2.20. The third kappa shape index (κ3) is 2.81. The number of aryl methyl sites for hydroxylation is 2. The zero-order chi connectivity index (χ0) is 14.8. The van der Waals surface area contributed by atoms with Gasteiger partial charge in [0, 0.05) is 17.9 Å². The predicted octanol–water partition coefficient (Wildman–Crippen LogP) is 2.60. The average molecular weight is 281 g/mol. The fraction of sp³-hybridized carbons (Fsp3) is 0.294. The van der Waals surface area contributed by atoms with Crippen molar-refractivity contribution in [3.8, 4) is 0 Å². The van der Waals surface area contributed by atoms with E-state index in [1.54, 1.807) is 0 Å². The Balaban J connectivity index is 1.88. The number of nitrogens with one attached hydrogen (secondary N) is 2. The number of anilines is 1. The molecule has 108 valence electrons. The van der Waals surface area contributed by atoms with Crippen molar-refractivity contribution < 1.29 is 4.79 Å². The lowest BCUT2D eigenvalue weighted by Crippen LogP contribution is -2.25. The summed E-state index contributed by atoms with van der Waals surface area (Å²) in [5.74, 6) is -0.0908. The van der Waals surface area contributed by atoms with Crippen molar-refractivity contribution in [3.05, 3.63) is 58.4 Å². The summed E-state index contributed by atoms with van der Waals surface area (Å²) in [5.41, 5.74) is 5.73. The second-order valence-electron chi connectivity index (χ2n) is 5.41. The molecule has 0 saturated carbocycles. The lowest BCUT2D eigenvalue weighted by atomic mass is 9.99. The van der Waals surface area contributed by atoms with Crippen molar-refractivity contribution in [2.24, 2.45) is 0 Å². The second-order valence-corrected chi connectivity index (χ2v) is 5.41. The van der Waals surface area contributed by atoms with E-state index in [0.29, 0.717) is 5.56 Å². The monoisotopic (exact) mass is 281 g/mol. The van der Waals surface area contributed by atoms with Crippen LogP contribution in [-0.4, -0.2) is 17.4 Å². The molecule has 0 radical (unpaired) electrons. The lowest BCUT2D eigenvalue weighted by Gasteiger charge is -2.20. The molecule has 0 aliphatic carbocycles. The van der Waals surface area contributed by atoms with Gasteiger partial charge in [-0.1, -0.05) is 12.1 Å². The van der Waals surface area contributed by atoms with E-state index in [1.807, 2.05) is 38.1 Å². The number of rotatable bonds is 2. The van der Waals surface area contributed by atoms with Crippen LogP contribution in [0.5, 0.6) is 0 Å². The van der Waals surface area contributed by atoms with Gasteiger partial charge in [-0.3, -0.25) is 9.78 Å². The molecule has 0 saturated heterocycles. The molecule has 21 heavy (non-hydrogen) atoms. The number of hydrogen-bond acceptors (Lipinski definition) is 3. The maximum absolute atomic E-state index is 12.5. The molecule has 4 nitrogen and oxygen atoms in total. The minimum absolute atomic E-state index is 0.0908. The van der Waals surface area contributed by atoms with Crippen LogP contribution in [0.4, 0.5) is 5.69 Å². The van der Waals surface area contributed by atoms with E-state index in [9.17, 15) is 4.79 Å². The van der Waals surface area contributed by atoms with E-state index in [0.717, 1.165) is 36.6 Å². The summed E-state index contributed by atoms with van der Waals surface area (Å²) in [6.07, 6.45) is 0.941. The Morgan fingerprint density at radius 1 is 1.24 bits per heavy atom. The molecule has 0 fully saturated rings. The van der Waals surface area contributed by atoms with Crippen LogP contribution in [0.15, 0.2) is 30.3 Å². The molecular formula is C17H19N3O. The van der Waals surface area contributed by atoms with Crippen molar-refractivity contribution in [3.63, 3.8) is 0 Å². The standard InChI is InChI=1S/C17H19N3O/c1-11-6-7-14(12(2)19-11)17(21)20-16-5-3-4-13-10-18-9-8-15(13)16/h3-7,18H,8-10H2,1-2H3,(H,20,21). The van der Waals surface area contributed by atoms with Crippen molar-refractivity contribution in [2.75, 3.05) is 11.9 Å². The van der Waals surface area contributed by atoms with Gasteiger partial charge in [-0.2, -0.15) is 0 Å². The van der Waals surface area contributed by atoms with E-state index in [4.69, 9.17) is 0 Å². The van der Waals surface area contributed by atoms with Crippen LogP contribution in [0.25, 0.3) is 0 Å². The maximum atomic E-state index is 12.5. The van der Waals surface area contributed by atoms with E-state index in [1.165, 1.54) is 11.1 Å². The van der Waals surface area contributed by atoms with Crippen LogP contribution in [0.2, 0.25) is 0 Å². The highest BCUT2D eigenvalue weighted by Crippen LogP contribution is 2.23. The highest BCUT2D eigenvalue weighted by Gasteiger charge is 2.16. The van der Waals surface area contributed by atoms with Crippen LogP contribution < -0.4 is 10.6 Å². The summed E-state index contributed by atoms with van der Waals surface area (Å²) in [6.45, 7) is 5.61. The summed E-state index contributed by atoms with van der Waals surface area (Å²) < 4.78 is 0. The van der Waals surface area contributed by atoms with Gasteiger partial charge in [0.2, 0.25) is 0 Å². The normalized spacial score (nSPS) is 13.6. The maximum Gasteiger partial charge on any atom is 0.257 e. The molecule has 2 N–H and O–H groups in total. The molecular weight excluding hydrogens is 262 g/mol. The van der Waals surface area contributed by atoms with Crippen LogP contribution in [0, 0.1) is 13.8 Å². The summed E-state index contributed by atoms with van der Waals surface area (Å²) in [6, 6.07) is 9.77. The predicted molar refractivity (Wildman–Crippen MR) is 83.5 cm³/mol. The molecule has 2 heterocycles. The summed E-state index contributed by atoms with van der Waals surface area (Å²) >= 11 is 0. The summed E-state index contributed by atoms with van der Waals surface area (Å²) in [7, 11) is 0. The van der Waals surface area contributed by atoms with E-state index < -0.39 is 0 Å². The summed E-state index contributed by atoms with van der Waals surface area (Å²) in [4.78, 5) is 16.8. The number of fused-ring (bicyclic) bond motifs is 1. The van der Waals surface area contributed by atoms with Crippen LogP contribution in [-0.2, 0) is 13.0 Å². The van der Waals surface area contributed by atoms with E-state index >= 15 is 0 Å². The van der Waals surface area contributed by atoms with E-state index in [2.05, 4.69) is 21.7 Å². The first-order valence-electron chi connectivity index (χ1n) is 7.22. The van der Waals surface area contributed by atoms with Gasteiger partial charge in [-0.25, -0.2) is 0 Å². The SMILES string of the molecule is Cc1ccc(C(=O)Nc2cccc3c2CCNC3)c(C)n1. The van der Waals surface area contributed by atoms with E-state index in [-0.39, 0.29) is 5.91 Å². The average Bonchev–Trinajstić information content (AvgIpc) is 2.47. The van der Waals surface area contributed by atoms with Gasteiger partial charge < -0.3 is 10.6 Å². The molecule has 0 atom stereocenters. The van der Waals surface area contributed by atoms with Gasteiger partial charge in [0.1, 0.15) is 0 Å². The lowest BCUT2D eigenvalue weighted by molar-refractivity contribution is 0.102. The topological polar surface area (TPSA) is 54.0 Å². The number of carbonyl (C=O) groups excluding carboxylic acids is 1. The number of hydrogen-bond donors (Lipinski definition) is 2. The van der Waals surface area contributed by atoms with Crippen LogP contribution in [0.3, 0.4) is 0 Å². The molecule has 1 aromatic heterocycles. The minimum atomic E-state index is -0.0908. The number of carbonyl (C=O) groups is 1. The molecule has 2 aromatic rings. The van der Waals surface area contributed by atoms with Crippen molar-refractivity contribution in [2.45, 2.75) is 26.8 Å². The van der Waals surface area contributed by atoms with Crippen LogP contribution in [0.1, 0.15) is 32.9 Å². The van der Waals surface area contributed by atoms with Gasteiger partial charge in [0.05, 0.1) is 11.3 Å². The zero-order valence-electron chi connectivity index (χ0n) is 12.4. The molecule has 3 rings (SSSR count). The molecule has 0 unspecified atom stereocenters. The Morgan fingerprint density at radius 2 is 2.10 bits per heavy atom. The van der Waals surface area contributed by atoms with Gasteiger partial charge >= 0.3 is 0 Å². The molecule has 0 spiro atoms. The first-order chi connectivity index (χ1) is 10.1. The molecule has 1 aliphatic heterocycles. The van der Waals surface area contributed by atoms with Gasteiger partial charge in [-0.15, -0.1) is 0 Å². The Morgan fingerprint density at radius 3 is 2.90 bits per heavy atom. The molecule has 0 bridgehead atoms. The van der Waals surface area contributed by atoms with Crippen molar-refractivity contribution in [1.29, 1.82) is 0 Å². The fourth-order valence-corrected chi connectivity index (χ4v) is 2.77. The van der Waals surface area contributed by atoms with Crippen molar-refractivity contribution >= 4 is 11.6 Å². The fourth-order valence-electron chi connectivity index (χ4n) is 2.77. The Bertz CT molecular complexity index is 694. The minimum Gasteiger partial charge on any atom is -0.322 e. The molecule has 4 heteroatoms. The van der Waals surface area contributed by atoms with Crippen LogP contribution >= 0.6 is 0 Å². The molecule has 1 amide bonds. The Kier molecular flexibility index (Phi) is 3.71. The highest BCUT2D eigenvalue weighted by atomic mass is 16.1. The van der Waals surface area contributed by atoms with Crippen molar-refractivity contribution in [1.82, 2.24) is 10.3 Å². The first kappa shape index (κ1) is 13.8. The number of amides is 1. The van der Waals surface area contributed by atoms with Gasteiger partial charge in [0.25, 0.3) is 5.91 Å². The third-order valence-corrected chi connectivity index (χ3v) is 3.86. The smallest absolute Gasteiger partial charge is 0.257 e. The quantitative estimate of drug-likeness (QED) is 0.889. The number of nitrogens with zero attached hydrogens (tertiary/aromatic N) is 1. The number of aromatic nitrogens is 1. The zero-order valence-corrected chi connectivity index (χ0v) is 12.4. The first-order valence-corrected chi connectivity index (χ1v) is 7.22. The highest BCUT2D eigenvalue weighted by molar-refractivity contribution is 6.05. The van der Waals surface area contributed by atoms with Gasteiger partial charge in [-0.05, 0) is 56.1 Å². The summed E-state index contributed by atoms with van der Waals surface area (Å²) in [5, 5.41) is 6.39.